The molecule has 86 valence electrons. The molecule has 1 unspecified atom stereocenters. The summed E-state index contributed by atoms with van der Waals surface area (Å²) in [4.78, 5) is 0. The highest BCUT2D eigenvalue weighted by Gasteiger charge is 2.23. The van der Waals surface area contributed by atoms with E-state index < -0.39 is 0 Å². The Labute approximate surface area is 92.9 Å². The van der Waals surface area contributed by atoms with Gasteiger partial charge in [0.1, 0.15) is 0 Å². The van der Waals surface area contributed by atoms with Gasteiger partial charge in [-0.05, 0) is 37.3 Å². The lowest BCUT2D eigenvalue weighted by Gasteiger charge is -2.30. The molecule has 0 heterocycles. The molecule has 0 amide bonds. The van der Waals surface area contributed by atoms with E-state index in [0.717, 1.165) is 18.1 Å². The molecule has 0 spiro atoms. The molecule has 0 aromatic heterocycles. The van der Waals surface area contributed by atoms with Gasteiger partial charge in [0.2, 0.25) is 0 Å². The summed E-state index contributed by atoms with van der Waals surface area (Å²) in [6, 6.07) is 0. The second-order valence-corrected chi connectivity index (χ2v) is 5.75. The Balaban J connectivity index is 3.71. The van der Waals surface area contributed by atoms with Crippen LogP contribution in [0.5, 0.6) is 0 Å². The van der Waals surface area contributed by atoms with Gasteiger partial charge in [-0.25, -0.2) is 0 Å². The minimum atomic E-state index is -0.0441. The quantitative estimate of drug-likeness (QED) is 0.614. The fourth-order valence-corrected chi connectivity index (χ4v) is 2.26. The predicted molar refractivity (Wildman–Crippen MR) is 66.0 cm³/mol. The summed E-state index contributed by atoms with van der Waals surface area (Å²) in [7, 11) is 1.94. The van der Waals surface area contributed by atoms with Crippen molar-refractivity contribution in [3.63, 3.8) is 0 Å². The molecule has 14 heavy (non-hydrogen) atoms. The van der Waals surface area contributed by atoms with Gasteiger partial charge in [-0.1, -0.05) is 20.8 Å². The molecular weight excluding hydrogens is 194 g/mol. The number of aliphatic hydroxyl groups is 1. The van der Waals surface area contributed by atoms with E-state index in [1.807, 2.05) is 18.8 Å². The second-order valence-electron chi connectivity index (χ2n) is 4.07. The molecule has 0 aromatic rings. The Kier molecular flexibility index (Phi) is 7.69. The topological polar surface area (TPSA) is 32.3 Å². The Morgan fingerprint density at radius 2 is 2.07 bits per heavy atom. The maximum atomic E-state index is 9.32. The number of hydrogen-bond donors (Lipinski definition) is 2. The molecule has 0 fully saturated rings. The summed E-state index contributed by atoms with van der Waals surface area (Å²) in [5, 5.41) is 13.3. The predicted octanol–water partition coefficient (Wildman–Crippen LogP) is 2.27. The SMILES string of the molecule is CCC(CO)(CCCSC(C)C)NC. The van der Waals surface area contributed by atoms with Crippen molar-refractivity contribution in [1.82, 2.24) is 5.32 Å². The van der Waals surface area contributed by atoms with E-state index in [1.165, 1.54) is 12.2 Å². The summed E-state index contributed by atoms with van der Waals surface area (Å²) >= 11 is 1.99. The maximum Gasteiger partial charge on any atom is 0.0613 e. The van der Waals surface area contributed by atoms with Gasteiger partial charge in [-0.15, -0.1) is 0 Å². The average Bonchev–Trinajstić information content (AvgIpc) is 2.19. The Morgan fingerprint density at radius 3 is 2.43 bits per heavy atom. The number of aliphatic hydroxyl groups excluding tert-OH is 1. The molecule has 0 saturated heterocycles. The maximum absolute atomic E-state index is 9.32. The van der Waals surface area contributed by atoms with E-state index in [4.69, 9.17) is 0 Å². The van der Waals surface area contributed by atoms with E-state index in [1.54, 1.807) is 0 Å². The number of nitrogens with one attached hydrogen (secondary N) is 1. The second kappa shape index (κ2) is 7.55. The molecule has 0 rings (SSSR count). The molecule has 1 atom stereocenters. The average molecular weight is 219 g/mol. The molecule has 3 heteroatoms. The van der Waals surface area contributed by atoms with Crippen molar-refractivity contribution >= 4 is 11.8 Å². The van der Waals surface area contributed by atoms with E-state index >= 15 is 0 Å². The van der Waals surface area contributed by atoms with Crippen molar-refractivity contribution in [2.75, 3.05) is 19.4 Å². The zero-order chi connectivity index (χ0) is 11.0. The van der Waals surface area contributed by atoms with Crippen LogP contribution >= 0.6 is 11.8 Å². The summed E-state index contributed by atoms with van der Waals surface area (Å²) in [5.41, 5.74) is -0.0441. The minimum Gasteiger partial charge on any atom is -0.394 e. The summed E-state index contributed by atoms with van der Waals surface area (Å²) in [5.74, 6) is 1.20. The van der Waals surface area contributed by atoms with Gasteiger partial charge in [0, 0.05) is 5.54 Å². The third-order valence-electron chi connectivity index (χ3n) is 2.76. The van der Waals surface area contributed by atoms with Crippen LogP contribution in [0.2, 0.25) is 0 Å². The number of thioether (sulfide) groups is 1. The molecular formula is C11H25NOS. The van der Waals surface area contributed by atoms with Crippen LogP contribution in [-0.2, 0) is 0 Å². The van der Waals surface area contributed by atoms with Crippen molar-refractivity contribution in [2.45, 2.75) is 50.8 Å². The molecule has 0 radical (unpaired) electrons. The van der Waals surface area contributed by atoms with Crippen LogP contribution in [0.4, 0.5) is 0 Å². The first-order valence-corrected chi connectivity index (χ1v) is 6.56. The highest BCUT2D eigenvalue weighted by molar-refractivity contribution is 7.99. The smallest absolute Gasteiger partial charge is 0.0613 e. The van der Waals surface area contributed by atoms with E-state index in [2.05, 4.69) is 26.1 Å². The van der Waals surface area contributed by atoms with Crippen LogP contribution in [-0.4, -0.2) is 35.3 Å². The van der Waals surface area contributed by atoms with Crippen molar-refractivity contribution in [1.29, 1.82) is 0 Å². The first-order valence-electron chi connectivity index (χ1n) is 5.51. The normalized spacial score (nSPS) is 15.9. The standard InChI is InChI=1S/C11H25NOS/c1-5-11(9-13,12-4)7-6-8-14-10(2)3/h10,12-13H,5-9H2,1-4H3. The van der Waals surface area contributed by atoms with Gasteiger partial charge in [-0.2, -0.15) is 11.8 Å². The van der Waals surface area contributed by atoms with Gasteiger partial charge in [0.15, 0.2) is 0 Å². The molecule has 0 aliphatic carbocycles. The highest BCUT2D eigenvalue weighted by atomic mass is 32.2. The Morgan fingerprint density at radius 1 is 1.43 bits per heavy atom. The fraction of sp³-hybridized carbons (Fsp3) is 1.00. The van der Waals surface area contributed by atoms with Gasteiger partial charge >= 0.3 is 0 Å². The molecule has 0 aliphatic rings. The van der Waals surface area contributed by atoms with Crippen molar-refractivity contribution < 1.29 is 5.11 Å². The van der Waals surface area contributed by atoms with Crippen LogP contribution in [0.15, 0.2) is 0 Å². The lowest BCUT2D eigenvalue weighted by molar-refractivity contribution is 0.154. The van der Waals surface area contributed by atoms with Gasteiger partial charge in [-0.3, -0.25) is 0 Å². The van der Waals surface area contributed by atoms with Crippen molar-refractivity contribution in [3.8, 4) is 0 Å². The van der Waals surface area contributed by atoms with Crippen LogP contribution in [0.3, 0.4) is 0 Å². The van der Waals surface area contributed by atoms with Crippen LogP contribution in [0.1, 0.15) is 40.0 Å². The van der Waals surface area contributed by atoms with Gasteiger partial charge in [0.05, 0.1) is 6.61 Å². The zero-order valence-electron chi connectivity index (χ0n) is 9.97. The third-order valence-corrected chi connectivity index (χ3v) is 3.95. The molecule has 2 nitrogen and oxygen atoms in total. The lowest BCUT2D eigenvalue weighted by Crippen LogP contribution is -2.45. The lowest BCUT2D eigenvalue weighted by atomic mass is 9.92. The summed E-state index contributed by atoms with van der Waals surface area (Å²) in [6.07, 6.45) is 3.24. The largest absolute Gasteiger partial charge is 0.394 e. The van der Waals surface area contributed by atoms with Crippen LogP contribution < -0.4 is 5.32 Å². The van der Waals surface area contributed by atoms with Gasteiger partial charge < -0.3 is 10.4 Å². The Hall–Kier alpha value is 0.270. The molecule has 0 bridgehead atoms. The van der Waals surface area contributed by atoms with Crippen molar-refractivity contribution in [2.24, 2.45) is 0 Å². The molecule has 0 aromatic carbocycles. The molecule has 2 N–H and O–H groups in total. The number of rotatable bonds is 8. The number of likely N-dealkylation sites (N-methyl/N-ethyl adjacent to an activating group) is 1. The summed E-state index contributed by atoms with van der Waals surface area (Å²) < 4.78 is 0. The van der Waals surface area contributed by atoms with Gasteiger partial charge in [0.25, 0.3) is 0 Å². The Bertz CT molecular complexity index is 127. The minimum absolute atomic E-state index is 0.0441. The van der Waals surface area contributed by atoms with Crippen LogP contribution in [0.25, 0.3) is 0 Å². The summed E-state index contributed by atoms with van der Waals surface area (Å²) in [6.45, 7) is 6.82. The monoisotopic (exact) mass is 219 g/mol. The molecule has 0 aliphatic heterocycles. The van der Waals surface area contributed by atoms with E-state index in [9.17, 15) is 5.11 Å². The first kappa shape index (κ1) is 14.3. The molecule has 0 saturated carbocycles. The fourth-order valence-electron chi connectivity index (χ4n) is 1.48. The number of hydrogen-bond acceptors (Lipinski definition) is 3. The van der Waals surface area contributed by atoms with Crippen molar-refractivity contribution in [3.05, 3.63) is 0 Å². The highest BCUT2D eigenvalue weighted by Crippen LogP contribution is 2.19. The third kappa shape index (κ3) is 5.23. The van der Waals surface area contributed by atoms with Crippen LogP contribution in [0, 0.1) is 0 Å². The zero-order valence-corrected chi connectivity index (χ0v) is 10.8. The van der Waals surface area contributed by atoms with E-state index in [0.29, 0.717) is 0 Å². The van der Waals surface area contributed by atoms with E-state index in [-0.39, 0.29) is 12.1 Å². The first-order chi connectivity index (χ1) is 6.60.